The molecular formula is C10H15ClN2O2. The van der Waals surface area contributed by atoms with Crippen LogP contribution >= 0.6 is 11.6 Å². The van der Waals surface area contributed by atoms with Gasteiger partial charge in [0.15, 0.2) is 0 Å². The van der Waals surface area contributed by atoms with Crippen molar-refractivity contribution in [1.82, 2.24) is 4.98 Å². The van der Waals surface area contributed by atoms with Crippen molar-refractivity contribution in [1.29, 1.82) is 0 Å². The molecule has 0 aliphatic rings. The Bertz CT molecular complexity index is 342. The zero-order valence-corrected chi connectivity index (χ0v) is 9.58. The van der Waals surface area contributed by atoms with Gasteiger partial charge < -0.3 is 15.6 Å². The fourth-order valence-electron chi connectivity index (χ4n) is 1.26. The number of nitrogens with zero attached hydrogens (tertiary/aromatic N) is 1. The van der Waals surface area contributed by atoms with E-state index in [9.17, 15) is 5.11 Å². The van der Waals surface area contributed by atoms with Gasteiger partial charge in [0.2, 0.25) is 0 Å². The second-order valence-corrected chi connectivity index (χ2v) is 3.93. The molecule has 1 heterocycles. The number of halogens is 1. The van der Waals surface area contributed by atoms with Crippen LogP contribution in [0.3, 0.4) is 0 Å². The Morgan fingerprint density at radius 2 is 2.33 bits per heavy atom. The monoisotopic (exact) mass is 230 g/mol. The van der Waals surface area contributed by atoms with E-state index in [1.165, 1.54) is 6.20 Å². The summed E-state index contributed by atoms with van der Waals surface area (Å²) in [5.41, 5.74) is 4.98. The lowest BCUT2D eigenvalue weighted by Crippen LogP contribution is -2.29. The number of pyridine rings is 1. The molecule has 0 fully saturated rings. The molecule has 1 atom stereocenters. The Hall–Kier alpha value is -0.840. The van der Waals surface area contributed by atoms with Crippen LogP contribution < -0.4 is 5.73 Å². The van der Waals surface area contributed by atoms with Gasteiger partial charge in [0, 0.05) is 18.4 Å². The molecular weight excluding hydrogens is 216 g/mol. The number of aromatic nitrogens is 1. The lowest BCUT2D eigenvalue weighted by molar-refractivity contribution is -0.0340. The Labute approximate surface area is 94.0 Å². The molecule has 0 bridgehead atoms. The predicted molar refractivity (Wildman–Crippen MR) is 59.7 cm³/mol. The number of hydrogen-bond donors (Lipinski definition) is 2. The first-order chi connectivity index (χ1) is 6.97. The zero-order valence-electron chi connectivity index (χ0n) is 8.83. The molecule has 4 nitrogen and oxygen atoms in total. The van der Waals surface area contributed by atoms with Gasteiger partial charge in [0.25, 0.3) is 0 Å². The summed E-state index contributed by atoms with van der Waals surface area (Å²) in [6, 6.07) is 1.60. The van der Waals surface area contributed by atoms with Crippen molar-refractivity contribution in [3.05, 3.63) is 22.8 Å². The molecule has 3 N–H and O–H groups in total. The highest BCUT2D eigenvalue weighted by Gasteiger charge is 2.26. The standard InChI is InChI=1S/C10H15ClN2O2/c1-3-15-6-10(2,14)8-4-7(11)5-13-9(8)12/h4-5,14H,3,6H2,1-2H3,(H2,12,13). The van der Waals surface area contributed by atoms with Gasteiger partial charge in [-0.05, 0) is 19.9 Å². The van der Waals surface area contributed by atoms with E-state index in [4.69, 9.17) is 22.1 Å². The minimum Gasteiger partial charge on any atom is -0.383 e. The summed E-state index contributed by atoms with van der Waals surface area (Å²) in [7, 11) is 0. The van der Waals surface area contributed by atoms with Gasteiger partial charge in [-0.3, -0.25) is 0 Å². The summed E-state index contributed by atoms with van der Waals surface area (Å²) < 4.78 is 5.17. The molecule has 84 valence electrons. The van der Waals surface area contributed by atoms with Crippen molar-refractivity contribution in [2.45, 2.75) is 19.4 Å². The molecule has 0 aliphatic carbocycles. The Morgan fingerprint density at radius 3 is 2.93 bits per heavy atom. The van der Waals surface area contributed by atoms with E-state index >= 15 is 0 Å². The van der Waals surface area contributed by atoms with E-state index in [2.05, 4.69) is 4.98 Å². The fraction of sp³-hybridized carbons (Fsp3) is 0.500. The lowest BCUT2D eigenvalue weighted by Gasteiger charge is -2.24. The van der Waals surface area contributed by atoms with Crippen LogP contribution in [0.4, 0.5) is 5.82 Å². The second-order valence-electron chi connectivity index (χ2n) is 3.50. The molecule has 1 aromatic heterocycles. The average molecular weight is 231 g/mol. The first-order valence-electron chi connectivity index (χ1n) is 4.69. The first-order valence-corrected chi connectivity index (χ1v) is 5.07. The maximum atomic E-state index is 10.1. The van der Waals surface area contributed by atoms with Crippen LogP contribution in [0.25, 0.3) is 0 Å². The minimum atomic E-state index is -1.17. The number of hydrogen-bond acceptors (Lipinski definition) is 4. The maximum absolute atomic E-state index is 10.1. The van der Waals surface area contributed by atoms with E-state index in [1.807, 2.05) is 6.92 Å². The summed E-state index contributed by atoms with van der Waals surface area (Å²) in [6.45, 7) is 4.17. The van der Waals surface area contributed by atoms with Crippen LogP contribution in [0.15, 0.2) is 12.3 Å². The summed E-state index contributed by atoms with van der Waals surface area (Å²) >= 11 is 5.79. The van der Waals surface area contributed by atoms with Crippen molar-refractivity contribution >= 4 is 17.4 Å². The molecule has 0 amide bonds. The highest BCUT2D eigenvalue weighted by atomic mass is 35.5. The zero-order chi connectivity index (χ0) is 11.5. The van der Waals surface area contributed by atoms with Crippen molar-refractivity contribution in [2.24, 2.45) is 0 Å². The quantitative estimate of drug-likeness (QED) is 0.824. The number of aliphatic hydroxyl groups is 1. The third-order valence-electron chi connectivity index (χ3n) is 2.05. The molecule has 0 saturated carbocycles. The average Bonchev–Trinajstić information content (AvgIpc) is 2.18. The molecule has 5 heteroatoms. The van der Waals surface area contributed by atoms with Crippen LogP contribution in [0.2, 0.25) is 5.02 Å². The molecule has 0 aromatic carbocycles. The van der Waals surface area contributed by atoms with Crippen molar-refractivity contribution < 1.29 is 9.84 Å². The van der Waals surface area contributed by atoms with Gasteiger partial charge in [-0.15, -0.1) is 0 Å². The summed E-state index contributed by atoms with van der Waals surface area (Å²) in [4.78, 5) is 3.88. The fourth-order valence-corrected chi connectivity index (χ4v) is 1.42. The smallest absolute Gasteiger partial charge is 0.129 e. The molecule has 15 heavy (non-hydrogen) atoms. The number of anilines is 1. The van der Waals surface area contributed by atoms with E-state index in [1.54, 1.807) is 13.0 Å². The van der Waals surface area contributed by atoms with Gasteiger partial charge >= 0.3 is 0 Å². The van der Waals surface area contributed by atoms with E-state index in [0.29, 0.717) is 17.2 Å². The Balaban J connectivity index is 2.97. The summed E-state index contributed by atoms with van der Waals surface area (Å²) in [5.74, 6) is 0.268. The van der Waals surface area contributed by atoms with Crippen molar-refractivity contribution in [2.75, 3.05) is 18.9 Å². The third kappa shape index (κ3) is 3.06. The molecule has 0 saturated heterocycles. The Morgan fingerprint density at radius 1 is 1.67 bits per heavy atom. The molecule has 1 aromatic rings. The number of nitrogen functional groups attached to an aromatic ring is 1. The normalized spacial score (nSPS) is 14.9. The van der Waals surface area contributed by atoms with Crippen molar-refractivity contribution in [3.63, 3.8) is 0 Å². The van der Waals surface area contributed by atoms with Gasteiger partial charge in [-0.1, -0.05) is 11.6 Å². The van der Waals surface area contributed by atoms with Crippen LogP contribution in [0, 0.1) is 0 Å². The molecule has 0 radical (unpaired) electrons. The third-order valence-corrected chi connectivity index (χ3v) is 2.26. The molecule has 0 aliphatic heterocycles. The second kappa shape index (κ2) is 4.79. The molecule has 0 spiro atoms. The highest BCUT2D eigenvalue weighted by Crippen LogP contribution is 2.27. The predicted octanol–water partition coefficient (Wildman–Crippen LogP) is 1.56. The topological polar surface area (TPSA) is 68.4 Å². The maximum Gasteiger partial charge on any atom is 0.129 e. The largest absolute Gasteiger partial charge is 0.383 e. The van der Waals surface area contributed by atoms with Crippen LogP contribution in [0.1, 0.15) is 19.4 Å². The summed E-state index contributed by atoms with van der Waals surface area (Å²) in [6.07, 6.45) is 1.44. The molecule has 1 rings (SSSR count). The van der Waals surface area contributed by atoms with Gasteiger partial charge in [0.05, 0.1) is 11.6 Å². The number of rotatable bonds is 4. The SMILES string of the molecule is CCOCC(C)(O)c1cc(Cl)cnc1N. The van der Waals surface area contributed by atoms with E-state index < -0.39 is 5.60 Å². The first kappa shape index (κ1) is 12.2. The molecule has 1 unspecified atom stereocenters. The van der Waals surface area contributed by atoms with Crippen LogP contribution in [0.5, 0.6) is 0 Å². The highest BCUT2D eigenvalue weighted by molar-refractivity contribution is 6.30. The number of ether oxygens (including phenoxy) is 1. The van der Waals surface area contributed by atoms with E-state index in [-0.39, 0.29) is 12.4 Å². The van der Waals surface area contributed by atoms with Gasteiger partial charge in [-0.2, -0.15) is 0 Å². The van der Waals surface area contributed by atoms with E-state index in [0.717, 1.165) is 0 Å². The van der Waals surface area contributed by atoms with Gasteiger partial charge in [0.1, 0.15) is 11.4 Å². The number of nitrogens with two attached hydrogens (primary N) is 1. The lowest BCUT2D eigenvalue weighted by atomic mass is 9.98. The Kier molecular flexibility index (Phi) is 3.90. The van der Waals surface area contributed by atoms with Crippen molar-refractivity contribution in [3.8, 4) is 0 Å². The minimum absolute atomic E-state index is 0.162. The summed E-state index contributed by atoms with van der Waals surface area (Å²) in [5, 5.41) is 10.6. The van der Waals surface area contributed by atoms with Crippen LogP contribution in [-0.2, 0) is 10.3 Å². The van der Waals surface area contributed by atoms with Gasteiger partial charge in [-0.25, -0.2) is 4.98 Å². The van der Waals surface area contributed by atoms with Crippen LogP contribution in [-0.4, -0.2) is 23.3 Å².